The Kier molecular flexibility index (Phi) is 3.63. The van der Waals surface area contributed by atoms with E-state index in [-0.39, 0.29) is 11.7 Å². The SMILES string of the molecule is CN(Cc1ccc(O)cc1)C(=O)c1ccccc1. The van der Waals surface area contributed by atoms with Crippen LogP contribution in [0.1, 0.15) is 15.9 Å². The summed E-state index contributed by atoms with van der Waals surface area (Å²) in [6, 6.07) is 16.0. The number of carbonyl (C=O) groups is 1. The van der Waals surface area contributed by atoms with Gasteiger partial charge in [0.15, 0.2) is 0 Å². The van der Waals surface area contributed by atoms with E-state index in [1.54, 1.807) is 36.2 Å². The Morgan fingerprint density at radius 2 is 1.67 bits per heavy atom. The molecule has 0 unspecified atom stereocenters. The van der Waals surface area contributed by atoms with Crippen LogP contribution in [0.25, 0.3) is 0 Å². The zero-order chi connectivity index (χ0) is 13.0. The average Bonchev–Trinajstić information content (AvgIpc) is 2.41. The summed E-state index contributed by atoms with van der Waals surface area (Å²) in [5.74, 6) is 0.222. The molecule has 2 aromatic rings. The second-order valence-corrected chi connectivity index (χ2v) is 4.19. The maximum absolute atomic E-state index is 12.1. The van der Waals surface area contributed by atoms with Gasteiger partial charge < -0.3 is 10.0 Å². The second kappa shape index (κ2) is 5.36. The van der Waals surface area contributed by atoms with Crippen LogP contribution in [0.3, 0.4) is 0 Å². The molecule has 1 amide bonds. The van der Waals surface area contributed by atoms with Crippen LogP contribution < -0.4 is 0 Å². The third kappa shape index (κ3) is 2.88. The summed E-state index contributed by atoms with van der Waals surface area (Å²) >= 11 is 0. The van der Waals surface area contributed by atoms with Gasteiger partial charge in [-0.25, -0.2) is 0 Å². The Bertz CT molecular complexity index is 520. The number of nitrogens with zero attached hydrogens (tertiary/aromatic N) is 1. The van der Waals surface area contributed by atoms with Crippen molar-refractivity contribution in [3.63, 3.8) is 0 Å². The van der Waals surface area contributed by atoms with E-state index in [0.29, 0.717) is 12.1 Å². The molecule has 0 aliphatic rings. The highest BCUT2D eigenvalue weighted by Gasteiger charge is 2.11. The van der Waals surface area contributed by atoms with Crippen molar-refractivity contribution >= 4 is 5.91 Å². The summed E-state index contributed by atoms with van der Waals surface area (Å²) in [7, 11) is 1.77. The quantitative estimate of drug-likeness (QED) is 0.897. The summed E-state index contributed by atoms with van der Waals surface area (Å²) in [5, 5.41) is 9.20. The largest absolute Gasteiger partial charge is 0.508 e. The van der Waals surface area contributed by atoms with E-state index in [1.165, 1.54) is 0 Å². The molecule has 0 bridgehead atoms. The maximum Gasteiger partial charge on any atom is 0.253 e. The molecule has 2 aromatic carbocycles. The molecule has 0 radical (unpaired) electrons. The van der Waals surface area contributed by atoms with Crippen LogP contribution >= 0.6 is 0 Å². The molecule has 0 heterocycles. The number of rotatable bonds is 3. The van der Waals surface area contributed by atoms with Crippen LogP contribution in [0, 0.1) is 0 Å². The van der Waals surface area contributed by atoms with Crippen molar-refractivity contribution in [1.82, 2.24) is 4.90 Å². The van der Waals surface area contributed by atoms with E-state index in [4.69, 9.17) is 0 Å². The van der Waals surface area contributed by atoms with Gasteiger partial charge in [0.1, 0.15) is 5.75 Å². The summed E-state index contributed by atoms with van der Waals surface area (Å²) in [5.41, 5.74) is 1.67. The molecular weight excluding hydrogens is 226 g/mol. The van der Waals surface area contributed by atoms with Gasteiger partial charge in [-0.15, -0.1) is 0 Å². The van der Waals surface area contributed by atoms with Crippen molar-refractivity contribution in [2.24, 2.45) is 0 Å². The van der Waals surface area contributed by atoms with Crippen LogP contribution in [-0.4, -0.2) is 23.0 Å². The molecule has 0 aromatic heterocycles. The first-order valence-electron chi connectivity index (χ1n) is 5.75. The first-order valence-corrected chi connectivity index (χ1v) is 5.75. The summed E-state index contributed by atoms with van der Waals surface area (Å²) in [4.78, 5) is 13.7. The third-order valence-corrected chi connectivity index (χ3v) is 2.72. The van der Waals surface area contributed by atoms with Crippen LogP contribution in [0.15, 0.2) is 54.6 Å². The van der Waals surface area contributed by atoms with Crippen molar-refractivity contribution in [3.8, 4) is 5.75 Å². The fourth-order valence-corrected chi connectivity index (χ4v) is 1.75. The van der Waals surface area contributed by atoms with Gasteiger partial charge in [0.25, 0.3) is 5.91 Å². The minimum atomic E-state index is -0.0105. The van der Waals surface area contributed by atoms with Crippen molar-refractivity contribution in [1.29, 1.82) is 0 Å². The Balaban J connectivity index is 2.06. The summed E-state index contributed by atoms with van der Waals surface area (Å²) < 4.78 is 0. The highest BCUT2D eigenvalue weighted by molar-refractivity contribution is 5.93. The fourth-order valence-electron chi connectivity index (χ4n) is 1.75. The Labute approximate surface area is 106 Å². The minimum absolute atomic E-state index is 0.0105. The van der Waals surface area contributed by atoms with Gasteiger partial charge in [-0.05, 0) is 29.8 Å². The highest BCUT2D eigenvalue weighted by Crippen LogP contribution is 2.12. The first kappa shape index (κ1) is 12.2. The molecule has 0 aliphatic carbocycles. The molecule has 18 heavy (non-hydrogen) atoms. The summed E-state index contributed by atoms with van der Waals surface area (Å²) in [6.07, 6.45) is 0. The molecule has 0 saturated heterocycles. The monoisotopic (exact) mass is 241 g/mol. The van der Waals surface area contributed by atoms with Gasteiger partial charge in [-0.2, -0.15) is 0 Å². The van der Waals surface area contributed by atoms with E-state index >= 15 is 0 Å². The van der Waals surface area contributed by atoms with Crippen molar-refractivity contribution < 1.29 is 9.90 Å². The molecule has 0 spiro atoms. The third-order valence-electron chi connectivity index (χ3n) is 2.72. The molecule has 92 valence electrons. The van der Waals surface area contributed by atoms with Crippen molar-refractivity contribution in [2.75, 3.05) is 7.05 Å². The smallest absolute Gasteiger partial charge is 0.253 e. The Morgan fingerprint density at radius 3 is 2.28 bits per heavy atom. The van der Waals surface area contributed by atoms with E-state index < -0.39 is 0 Å². The lowest BCUT2D eigenvalue weighted by Crippen LogP contribution is -2.26. The molecular formula is C15H15NO2. The standard InChI is InChI=1S/C15H15NO2/c1-16(11-12-7-9-14(17)10-8-12)15(18)13-5-3-2-4-6-13/h2-10,17H,11H2,1H3. The number of phenols is 1. The molecule has 0 aliphatic heterocycles. The first-order chi connectivity index (χ1) is 8.66. The summed E-state index contributed by atoms with van der Waals surface area (Å²) in [6.45, 7) is 0.522. The number of amides is 1. The van der Waals surface area contributed by atoms with Gasteiger partial charge in [0, 0.05) is 19.2 Å². The van der Waals surface area contributed by atoms with E-state index in [2.05, 4.69) is 0 Å². The number of hydrogen-bond acceptors (Lipinski definition) is 2. The van der Waals surface area contributed by atoms with Gasteiger partial charge in [-0.1, -0.05) is 30.3 Å². The molecule has 0 atom stereocenters. The van der Waals surface area contributed by atoms with Crippen LogP contribution in [0.5, 0.6) is 5.75 Å². The molecule has 0 fully saturated rings. The second-order valence-electron chi connectivity index (χ2n) is 4.19. The van der Waals surface area contributed by atoms with Crippen molar-refractivity contribution in [3.05, 3.63) is 65.7 Å². The highest BCUT2D eigenvalue weighted by atomic mass is 16.3. The minimum Gasteiger partial charge on any atom is -0.508 e. The molecule has 1 N–H and O–H groups in total. The molecule has 2 rings (SSSR count). The van der Waals surface area contributed by atoms with Crippen LogP contribution in [-0.2, 0) is 6.54 Å². The average molecular weight is 241 g/mol. The Hall–Kier alpha value is -2.29. The zero-order valence-corrected chi connectivity index (χ0v) is 10.2. The number of phenolic OH excluding ortho intramolecular Hbond substituents is 1. The number of carbonyl (C=O) groups excluding carboxylic acids is 1. The van der Waals surface area contributed by atoms with E-state index in [1.807, 2.05) is 30.3 Å². The zero-order valence-electron chi connectivity index (χ0n) is 10.2. The maximum atomic E-state index is 12.1. The lowest BCUT2D eigenvalue weighted by atomic mass is 10.1. The number of hydrogen-bond donors (Lipinski definition) is 1. The van der Waals surface area contributed by atoms with Crippen molar-refractivity contribution in [2.45, 2.75) is 6.54 Å². The van der Waals surface area contributed by atoms with Crippen LogP contribution in [0.2, 0.25) is 0 Å². The normalized spacial score (nSPS) is 10.1. The molecule has 0 saturated carbocycles. The topological polar surface area (TPSA) is 40.5 Å². The van der Waals surface area contributed by atoms with Gasteiger partial charge in [-0.3, -0.25) is 4.79 Å². The predicted octanol–water partition coefficient (Wildman–Crippen LogP) is 2.66. The van der Waals surface area contributed by atoms with Gasteiger partial charge >= 0.3 is 0 Å². The molecule has 3 nitrogen and oxygen atoms in total. The number of benzene rings is 2. The lowest BCUT2D eigenvalue weighted by Gasteiger charge is -2.17. The predicted molar refractivity (Wildman–Crippen MR) is 70.3 cm³/mol. The number of aromatic hydroxyl groups is 1. The van der Waals surface area contributed by atoms with E-state index in [0.717, 1.165) is 5.56 Å². The fraction of sp³-hybridized carbons (Fsp3) is 0.133. The van der Waals surface area contributed by atoms with Gasteiger partial charge in [0.05, 0.1) is 0 Å². The van der Waals surface area contributed by atoms with E-state index in [9.17, 15) is 9.90 Å². The lowest BCUT2D eigenvalue weighted by molar-refractivity contribution is 0.0785. The Morgan fingerprint density at radius 1 is 1.06 bits per heavy atom. The van der Waals surface area contributed by atoms with Gasteiger partial charge in [0.2, 0.25) is 0 Å². The van der Waals surface area contributed by atoms with Crippen LogP contribution in [0.4, 0.5) is 0 Å². The molecule has 3 heteroatoms.